The summed E-state index contributed by atoms with van der Waals surface area (Å²) in [6, 6.07) is 7.15. The van der Waals surface area contributed by atoms with Crippen LogP contribution in [0.15, 0.2) is 36.4 Å². The summed E-state index contributed by atoms with van der Waals surface area (Å²) >= 11 is 0. The first kappa shape index (κ1) is 18.3. The van der Waals surface area contributed by atoms with Gasteiger partial charge in [-0.3, -0.25) is 0 Å². The molecule has 0 aliphatic rings. The van der Waals surface area contributed by atoms with Crippen molar-refractivity contribution in [3.8, 4) is 5.75 Å². The van der Waals surface area contributed by atoms with E-state index in [4.69, 9.17) is 4.74 Å². The van der Waals surface area contributed by atoms with Gasteiger partial charge in [-0.05, 0) is 49.2 Å². The van der Waals surface area contributed by atoms with E-state index in [1.807, 2.05) is 6.92 Å². The standard InChI is InChI=1S/C18H20F3NO2/c1-10(12-5-7-17(24-3)16(21)8-12)22-11(2)18(23)13-4-6-14(19)15(20)9-13/h4-11,18,22-23H,1-3H3. The maximum absolute atomic E-state index is 13.8. The lowest BCUT2D eigenvalue weighted by molar-refractivity contribution is 0.130. The van der Waals surface area contributed by atoms with Gasteiger partial charge >= 0.3 is 0 Å². The summed E-state index contributed by atoms with van der Waals surface area (Å²) in [6.45, 7) is 3.53. The van der Waals surface area contributed by atoms with Crippen LogP contribution in [-0.2, 0) is 0 Å². The van der Waals surface area contributed by atoms with E-state index in [1.54, 1.807) is 13.0 Å². The highest BCUT2D eigenvalue weighted by atomic mass is 19.2. The molecular formula is C18H20F3NO2. The van der Waals surface area contributed by atoms with Crippen LogP contribution >= 0.6 is 0 Å². The molecule has 0 fully saturated rings. The first-order valence-corrected chi connectivity index (χ1v) is 7.56. The van der Waals surface area contributed by atoms with Crippen LogP contribution in [0.4, 0.5) is 13.2 Å². The van der Waals surface area contributed by atoms with Crippen molar-refractivity contribution in [1.29, 1.82) is 0 Å². The van der Waals surface area contributed by atoms with Crippen LogP contribution in [0.2, 0.25) is 0 Å². The number of ether oxygens (including phenoxy) is 1. The van der Waals surface area contributed by atoms with Crippen LogP contribution in [0.25, 0.3) is 0 Å². The smallest absolute Gasteiger partial charge is 0.165 e. The molecule has 3 nitrogen and oxygen atoms in total. The van der Waals surface area contributed by atoms with Crippen molar-refractivity contribution >= 4 is 0 Å². The minimum atomic E-state index is -1.04. The molecule has 2 aromatic rings. The summed E-state index contributed by atoms with van der Waals surface area (Å²) in [4.78, 5) is 0. The van der Waals surface area contributed by atoms with Gasteiger partial charge in [0, 0.05) is 12.1 Å². The van der Waals surface area contributed by atoms with Gasteiger partial charge in [-0.1, -0.05) is 12.1 Å². The summed E-state index contributed by atoms with van der Waals surface area (Å²) < 4.78 is 44.9. The summed E-state index contributed by atoms with van der Waals surface area (Å²) in [5.41, 5.74) is 0.944. The van der Waals surface area contributed by atoms with Crippen molar-refractivity contribution in [2.24, 2.45) is 0 Å². The van der Waals surface area contributed by atoms with Crippen LogP contribution in [0, 0.1) is 17.5 Å². The largest absolute Gasteiger partial charge is 0.494 e. The molecule has 2 rings (SSSR count). The van der Waals surface area contributed by atoms with E-state index in [1.165, 1.54) is 25.3 Å². The molecule has 0 saturated carbocycles. The van der Waals surface area contributed by atoms with Gasteiger partial charge in [0.25, 0.3) is 0 Å². The number of methoxy groups -OCH3 is 1. The molecule has 0 radical (unpaired) electrons. The maximum atomic E-state index is 13.8. The molecular weight excluding hydrogens is 319 g/mol. The number of nitrogens with one attached hydrogen (secondary N) is 1. The van der Waals surface area contributed by atoms with Crippen LogP contribution < -0.4 is 10.1 Å². The lowest BCUT2D eigenvalue weighted by Crippen LogP contribution is -2.34. The van der Waals surface area contributed by atoms with E-state index in [0.29, 0.717) is 5.56 Å². The van der Waals surface area contributed by atoms with Crippen molar-refractivity contribution in [3.05, 3.63) is 65.0 Å². The summed E-state index contributed by atoms with van der Waals surface area (Å²) in [5.74, 6) is -2.30. The highest BCUT2D eigenvalue weighted by molar-refractivity contribution is 5.31. The zero-order valence-electron chi connectivity index (χ0n) is 13.7. The van der Waals surface area contributed by atoms with Crippen LogP contribution in [-0.4, -0.2) is 18.3 Å². The molecule has 130 valence electrons. The Labute approximate surface area is 139 Å². The molecule has 0 spiro atoms. The SMILES string of the molecule is COc1ccc(C(C)NC(C)C(O)c2ccc(F)c(F)c2)cc1F. The molecule has 3 atom stereocenters. The Kier molecular flexibility index (Phi) is 5.85. The number of aliphatic hydroxyl groups is 1. The quantitative estimate of drug-likeness (QED) is 0.839. The van der Waals surface area contributed by atoms with Gasteiger partial charge in [-0.2, -0.15) is 0 Å². The Morgan fingerprint density at radius 1 is 0.917 bits per heavy atom. The van der Waals surface area contributed by atoms with Gasteiger partial charge in [0.15, 0.2) is 23.2 Å². The van der Waals surface area contributed by atoms with Gasteiger partial charge in [0.2, 0.25) is 0 Å². The number of benzene rings is 2. The minimum absolute atomic E-state index is 0.154. The van der Waals surface area contributed by atoms with Crippen molar-refractivity contribution in [2.45, 2.75) is 32.0 Å². The molecule has 0 aliphatic heterocycles. The highest BCUT2D eigenvalue weighted by Gasteiger charge is 2.20. The molecule has 2 aromatic carbocycles. The monoisotopic (exact) mass is 339 g/mol. The van der Waals surface area contributed by atoms with E-state index in [0.717, 1.165) is 12.1 Å². The molecule has 2 N–H and O–H groups in total. The van der Waals surface area contributed by atoms with Crippen LogP contribution in [0.5, 0.6) is 5.75 Å². The molecule has 3 unspecified atom stereocenters. The third-order valence-corrected chi connectivity index (χ3v) is 3.95. The van der Waals surface area contributed by atoms with E-state index >= 15 is 0 Å². The van der Waals surface area contributed by atoms with E-state index in [-0.39, 0.29) is 17.4 Å². The zero-order valence-corrected chi connectivity index (χ0v) is 13.7. The number of aliphatic hydroxyl groups excluding tert-OH is 1. The molecule has 0 saturated heterocycles. The maximum Gasteiger partial charge on any atom is 0.165 e. The van der Waals surface area contributed by atoms with Gasteiger partial charge in [0.1, 0.15) is 0 Å². The normalized spacial score (nSPS) is 15.0. The molecule has 0 amide bonds. The molecule has 0 bridgehead atoms. The number of hydrogen-bond acceptors (Lipinski definition) is 3. The third kappa shape index (κ3) is 4.07. The lowest BCUT2D eigenvalue weighted by atomic mass is 10.0. The second kappa shape index (κ2) is 7.68. The first-order valence-electron chi connectivity index (χ1n) is 7.56. The lowest BCUT2D eigenvalue weighted by Gasteiger charge is -2.25. The topological polar surface area (TPSA) is 41.5 Å². The Morgan fingerprint density at radius 2 is 1.54 bits per heavy atom. The fourth-order valence-corrected chi connectivity index (χ4v) is 2.52. The first-order chi connectivity index (χ1) is 11.3. The summed E-state index contributed by atoms with van der Waals surface area (Å²) in [5, 5.41) is 13.4. The Balaban J connectivity index is 2.08. The Bertz CT molecular complexity index is 709. The van der Waals surface area contributed by atoms with E-state index < -0.39 is 29.6 Å². The van der Waals surface area contributed by atoms with E-state index in [2.05, 4.69) is 5.32 Å². The number of halogens is 3. The van der Waals surface area contributed by atoms with Crippen LogP contribution in [0.1, 0.15) is 37.1 Å². The fourth-order valence-electron chi connectivity index (χ4n) is 2.52. The van der Waals surface area contributed by atoms with Crippen LogP contribution in [0.3, 0.4) is 0 Å². The summed E-state index contributed by atoms with van der Waals surface area (Å²) in [6.07, 6.45) is -1.04. The van der Waals surface area contributed by atoms with E-state index in [9.17, 15) is 18.3 Å². The predicted octanol–water partition coefficient (Wildman–Crippen LogP) is 3.89. The molecule has 24 heavy (non-hydrogen) atoms. The Hall–Kier alpha value is -2.05. The number of hydrogen-bond donors (Lipinski definition) is 2. The van der Waals surface area contributed by atoms with Gasteiger partial charge in [-0.25, -0.2) is 13.2 Å². The van der Waals surface area contributed by atoms with Crippen molar-refractivity contribution in [1.82, 2.24) is 5.32 Å². The number of rotatable bonds is 6. The molecule has 0 aromatic heterocycles. The van der Waals surface area contributed by atoms with Gasteiger partial charge in [-0.15, -0.1) is 0 Å². The zero-order chi connectivity index (χ0) is 17.9. The second-order valence-corrected chi connectivity index (χ2v) is 5.69. The summed E-state index contributed by atoms with van der Waals surface area (Å²) in [7, 11) is 1.39. The van der Waals surface area contributed by atoms with Crippen molar-refractivity contribution in [3.63, 3.8) is 0 Å². The average Bonchev–Trinajstić information content (AvgIpc) is 2.56. The molecule has 0 aliphatic carbocycles. The predicted molar refractivity (Wildman–Crippen MR) is 85.3 cm³/mol. The highest BCUT2D eigenvalue weighted by Crippen LogP contribution is 2.24. The fraction of sp³-hybridized carbons (Fsp3) is 0.333. The second-order valence-electron chi connectivity index (χ2n) is 5.69. The van der Waals surface area contributed by atoms with Gasteiger partial charge in [0.05, 0.1) is 13.2 Å². The average molecular weight is 339 g/mol. The van der Waals surface area contributed by atoms with Crippen molar-refractivity contribution < 1.29 is 23.0 Å². The van der Waals surface area contributed by atoms with Gasteiger partial charge < -0.3 is 15.2 Å². The Morgan fingerprint density at radius 3 is 2.12 bits per heavy atom. The van der Waals surface area contributed by atoms with Crippen molar-refractivity contribution in [2.75, 3.05) is 7.11 Å². The molecule has 0 heterocycles. The third-order valence-electron chi connectivity index (χ3n) is 3.95. The minimum Gasteiger partial charge on any atom is -0.494 e. The molecule has 6 heteroatoms.